The van der Waals surface area contributed by atoms with Crippen LogP contribution in [0, 0.1) is 5.92 Å². The number of methoxy groups -OCH3 is 1. The van der Waals surface area contributed by atoms with Crippen molar-refractivity contribution in [1.29, 1.82) is 0 Å². The van der Waals surface area contributed by atoms with Crippen molar-refractivity contribution in [2.24, 2.45) is 5.92 Å². The number of rotatable bonds is 7. The zero-order chi connectivity index (χ0) is 17.6. The standard InChI is InChI=1S/C20H24O4/c1-4-24-19(21)15(2)20(22,17-13-9-6-10-14-17)18(23-3)16-11-7-5-8-12-16/h5-15,18,22H,4H2,1-3H3. The third kappa shape index (κ3) is 3.50. The van der Waals surface area contributed by atoms with Gasteiger partial charge in [0.15, 0.2) is 0 Å². The van der Waals surface area contributed by atoms with Gasteiger partial charge >= 0.3 is 5.97 Å². The lowest BCUT2D eigenvalue weighted by atomic mass is 9.75. The van der Waals surface area contributed by atoms with Crippen LogP contribution in [0.15, 0.2) is 60.7 Å². The smallest absolute Gasteiger partial charge is 0.312 e. The average Bonchev–Trinajstić information content (AvgIpc) is 2.63. The molecule has 0 heterocycles. The van der Waals surface area contributed by atoms with Gasteiger partial charge < -0.3 is 14.6 Å². The first-order valence-corrected chi connectivity index (χ1v) is 8.08. The van der Waals surface area contributed by atoms with Crippen LogP contribution in [-0.4, -0.2) is 24.8 Å². The summed E-state index contributed by atoms with van der Waals surface area (Å²) < 4.78 is 10.8. The fraction of sp³-hybridized carbons (Fsp3) is 0.350. The molecule has 0 amide bonds. The highest BCUT2D eigenvalue weighted by atomic mass is 16.5. The Labute approximate surface area is 143 Å². The Bertz CT molecular complexity index is 641. The van der Waals surface area contributed by atoms with Crippen LogP contribution in [0.3, 0.4) is 0 Å². The second-order valence-corrected chi connectivity index (χ2v) is 5.69. The zero-order valence-corrected chi connectivity index (χ0v) is 14.3. The van der Waals surface area contributed by atoms with E-state index in [1.165, 1.54) is 7.11 Å². The van der Waals surface area contributed by atoms with Crippen molar-refractivity contribution in [3.8, 4) is 0 Å². The Balaban J connectivity index is 2.55. The minimum Gasteiger partial charge on any atom is -0.466 e. The third-order valence-electron chi connectivity index (χ3n) is 4.27. The molecule has 1 N–H and O–H groups in total. The molecule has 0 saturated carbocycles. The summed E-state index contributed by atoms with van der Waals surface area (Å²) in [7, 11) is 1.53. The van der Waals surface area contributed by atoms with Gasteiger partial charge in [-0.05, 0) is 25.0 Å². The van der Waals surface area contributed by atoms with Gasteiger partial charge in [0, 0.05) is 7.11 Å². The van der Waals surface area contributed by atoms with Gasteiger partial charge in [0.25, 0.3) is 0 Å². The SMILES string of the molecule is CCOC(=O)C(C)C(O)(c1ccccc1)C(OC)c1ccccc1. The van der Waals surface area contributed by atoms with Crippen LogP contribution in [0.2, 0.25) is 0 Å². The maximum absolute atomic E-state index is 12.4. The second-order valence-electron chi connectivity index (χ2n) is 5.69. The molecule has 3 unspecified atom stereocenters. The lowest BCUT2D eigenvalue weighted by molar-refractivity contribution is -0.175. The fourth-order valence-electron chi connectivity index (χ4n) is 2.98. The monoisotopic (exact) mass is 328 g/mol. The molecule has 128 valence electrons. The molecule has 2 aromatic carbocycles. The summed E-state index contributed by atoms with van der Waals surface area (Å²) in [5.41, 5.74) is -0.146. The number of carbonyl (C=O) groups excluding carboxylic acids is 1. The van der Waals surface area contributed by atoms with E-state index in [0.29, 0.717) is 5.56 Å². The molecule has 0 aromatic heterocycles. The zero-order valence-electron chi connectivity index (χ0n) is 14.3. The predicted molar refractivity (Wildman–Crippen MR) is 92.3 cm³/mol. The summed E-state index contributed by atoms with van der Waals surface area (Å²) in [5, 5.41) is 11.6. The van der Waals surface area contributed by atoms with E-state index in [0.717, 1.165) is 5.56 Å². The van der Waals surface area contributed by atoms with Crippen molar-refractivity contribution < 1.29 is 19.4 Å². The highest BCUT2D eigenvalue weighted by molar-refractivity contribution is 5.74. The molecule has 0 radical (unpaired) electrons. The molecular weight excluding hydrogens is 304 g/mol. The van der Waals surface area contributed by atoms with Crippen LogP contribution in [-0.2, 0) is 19.9 Å². The summed E-state index contributed by atoms with van der Waals surface area (Å²) >= 11 is 0. The topological polar surface area (TPSA) is 55.8 Å². The average molecular weight is 328 g/mol. The van der Waals surface area contributed by atoms with E-state index in [-0.39, 0.29) is 6.61 Å². The van der Waals surface area contributed by atoms with E-state index in [9.17, 15) is 9.90 Å². The van der Waals surface area contributed by atoms with Gasteiger partial charge in [-0.3, -0.25) is 4.79 Å². The quantitative estimate of drug-likeness (QED) is 0.791. The van der Waals surface area contributed by atoms with Gasteiger partial charge in [-0.25, -0.2) is 0 Å². The van der Waals surface area contributed by atoms with Crippen LogP contribution in [0.25, 0.3) is 0 Å². The Morgan fingerprint density at radius 3 is 2.12 bits per heavy atom. The Morgan fingerprint density at radius 2 is 1.62 bits per heavy atom. The first kappa shape index (κ1) is 18.2. The van der Waals surface area contributed by atoms with Crippen molar-refractivity contribution in [3.63, 3.8) is 0 Å². The second kappa shape index (κ2) is 8.08. The highest BCUT2D eigenvalue weighted by Crippen LogP contribution is 2.43. The van der Waals surface area contributed by atoms with Crippen LogP contribution in [0.4, 0.5) is 0 Å². The Kier molecular flexibility index (Phi) is 6.12. The summed E-state index contributed by atoms with van der Waals surface area (Å²) in [6.45, 7) is 3.67. The molecule has 0 aliphatic carbocycles. The minimum absolute atomic E-state index is 0.261. The molecule has 24 heavy (non-hydrogen) atoms. The number of carbonyl (C=O) groups is 1. The molecular formula is C20H24O4. The first-order chi connectivity index (χ1) is 11.6. The van der Waals surface area contributed by atoms with E-state index in [1.807, 2.05) is 48.5 Å². The van der Waals surface area contributed by atoms with Crippen molar-refractivity contribution in [1.82, 2.24) is 0 Å². The number of ether oxygens (including phenoxy) is 2. The summed E-state index contributed by atoms with van der Waals surface area (Å²) in [6.07, 6.45) is -0.708. The molecule has 4 heteroatoms. The highest BCUT2D eigenvalue weighted by Gasteiger charge is 2.48. The summed E-state index contributed by atoms with van der Waals surface area (Å²) in [6, 6.07) is 18.5. The molecule has 0 spiro atoms. The van der Waals surface area contributed by atoms with E-state index in [2.05, 4.69) is 0 Å². The Morgan fingerprint density at radius 1 is 1.08 bits per heavy atom. The van der Waals surface area contributed by atoms with E-state index < -0.39 is 23.6 Å². The molecule has 0 saturated heterocycles. The molecule has 2 rings (SSSR count). The maximum Gasteiger partial charge on any atom is 0.312 e. The van der Waals surface area contributed by atoms with Gasteiger partial charge in [-0.1, -0.05) is 60.7 Å². The lowest BCUT2D eigenvalue weighted by Gasteiger charge is -2.39. The largest absolute Gasteiger partial charge is 0.466 e. The summed E-state index contributed by atoms with van der Waals surface area (Å²) in [4.78, 5) is 12.4. The Hall–Kier alpha value is -2.17. The number of hydrogen-bond acceptors (Lipinski definition) is 4. The van der Waals surface area contributed by atoms with Gasteiger partial charge in [0.1, 0.15) is 11.7 Å². The first-order valence-electron chi connectivity index (χ1n) is 8.08. The van der Waals surface area contributed by atoms with E-state index in [4.69, 9.17) is 9.47 Å². The minimum atomic E-state index is -1.55. The van der Waals surface area contributed by atoms with Crippen molar-refractivity contribution in [3.05, 3.63) is 71.8 Å². The third-order valence-corrected chi connectivity index (χ3v) is 4.27. The number of hydrogen-bond donors (Lipinski definition) is 1. The molecule has 4 nitrogen and oxygen atoms in total. The van der Waals surface area contributed by atoms with Gasteiger partial charge in [-0.15, -0.1) is 0 Å². The van der Waals surface area contributed by atoms with Gasteiger partial charge in [0.05, 0.1) is 12.5 Å². The molecule has 0 fully saturated rings. The summed E-state index contributed by atoms with van der Waals surface area (Å²) in [5.74, 6) is -1.26. The normalized spacial score (nSPS) is 16.0. The molecule has 0 aliphatic heterocycles. The maximum atomic E-state index is 12.4. The van der Waals surface area contributed by atoms with Gasteiger partial charge in [0.2, 0.25) is 0 Å². The van der Waals surface area contributed by atoms with Crippen molar-refractivity contribution in [2.45, 2.75) is 25.6 Å². The van der Waals surface area contributed by atoms with Crippen molar-refractivity contribution >= 4 is 5.97 Å². The lowest BCUT2D eigenvalue weighted by Crippen LogP contribution is -2.45. The number of aliphatic hydroxyl groups is 1. The van der Waals surface area contributed by atoms with E-state index in [1.54, 1.807) is 26.0 Å². The molecule has 0 bridgehead atoms. The van der Waals surface area contributed by atoms with Gasteiger partial charge in [-0.2, -0.15) is 0 Å². The number of esters is 1. The molecule has 0 aliphatic rings. The van der Waals surface area contributed by atoms with Crippen LogP contribution < -0.4 is 0 Å². The van der Waals surface area contributed by atoms with E-state index >= 15 is 0 Å². The predicted octanol–water partition coefficient (Wildman–Crippen LogP) is 3.46. The van der Waals surface area contributed by atoms with Crippen LogP contribution in [0.1, 0.15) is 31.1 Å². The molecule has 3 atom stereocenters. The fourth-order valence-corrected chi connectivity index (χ4v) is 2.98. The number of benzene rings is 2. The van der Waals surface area contributed by atoms with Crippen LogP contribution >= 0.6 is 0 Å². The van der Waals surface area contributed by atoms with Crippen molar-refractivity contribution in [2.75, 3.05) is 13.7 Å². The molecule has 2 aromatic rings. The van der Waals surface area contributed by atoms with Crippen LogP contribution in [0.5, 0.6) is 0 Å².